The van der Waals surface area contributed by atoms with Crippen molar-refractivity contribution < 1.29 is 4.79 Å². The number of anilines is 1. The average molecular weight is 254 g/mol. The largest absolute Gasteiger partial charge is 0.399 e. The van der Waals surface area contributed by atoms with Gasteiger partial charge in [-0.2, -0.15) is 0 Å². The van der Waals surface area contributed by atoms with Crippen molar-refractivity contribution in [3.63, 3.8) is 0 Å². The van der Waals surface area contributed by atoms with E-state index in [1.54, 1.807) is 24.3 Å². The summed E-state index contributed by atoms with van der Waals surface area (Å²) in [6, 6.07) is 14.6. The Balaban J connectivity index is 2.03. The van der Waals surface area contributed by atoms with Crippen LogP contribution in [0.1, 0.15) is 15.4 Å². The first-order valence-electron chi connectivity index (χ1n) is 5.50. The normalized spacial score (nSPS) is 10.7. The van der Waals surface area contributed by atoms with E-state index in [1.807, 2.05) is 24.3 Å². The summed E-state index contributed by atoms with van der Waals surface area (Å²) in [7, 11) is 0. The minimum atomic E-state index is -0.0591. The number of nitrogen functional groups attached to an aromatic ring is 1. The van der Waals surface area contributed by atoms with Gasteiger partial charge < -0.3 is 5.73 Å². The van der Waals surface area contributed by atoms with E-state index in [0.29, 0.717) is 16.3 Å². The zero-order chi connectivity index (χ0) is 12.5. The van der Waals surface area contributed by atoms with Crippen LogP contribution in [-0.2, 0) is 0 Å². The molecule has 4 heteroatoms. The Morgan fingerprint density at radius 2 is 1.78 bits per heavy atom. The van der Waals surface area contributed by atoms with E-state index in [2.05, 4.69) is 4.98 Å². The van der Waals surface area contributed by atoms with Gasteiger partial charge in [-0.25, -0.2) is 4.98 Å². The van der Waals surface area contributed by atoms with E-state index < -0.39 is 0 Å². The summed E-state index contributed by atoms with van der Waals surface area (Å²) in [6.45, 7) is 0. The number of fused-ring (bicyclic) bond motifs is 1. The molecule has 0 radical (unpaired) electrons. The summed E-state index contributed by atoms with van der Waals surface area (Å²) in [5.41, 5.74) is 7.73. The first-order valence-corrected chi connectivity index (χ1v) is 6.31. The molecular weight excluding hydrogens is 244 g/mol. The van der Waals surface area contributed by atoms with Gasteiger partial charge in [0.1, 0.15) is 0 Å². The maximum Gasteiger partial charge on any atom is 0.221 e. The monoisotopic (exact) mass is 254 g/mol. The van der Waals surface area contributed by atoms with E-state index in [1.165, 1.54) is 11.3 Å². The van der Waals surface area contributed by atoms with Gasteiger partial charge in [-0.15, -0.1) is 11.3 Å². The highest BCUT2D eigenvalue weighted by atomic mass is 32.1. The first-order chi connectivity index (χ1) is 8.74. The lowest BCUT2D eigenvalue weighted by Gasteiger charge is -1.97. The fourth-order valence-corrected chi connectivity index (χ4v) is 2.66. The third kappa shape index (κ3) is 1.87. The van der Waals surface area contributed by atoms with Crippen LogP contribution in [0.5, 0.6) is 0 Å². The Morgan fingerprint density at radius 1 is 1.06 bits per heavy atom. The first kappa shape index (κ1) is 10.9. The molecule has 0 bridgehead atoms. The summed E-state index contributed by atoms with van der Waals surface area (Å²) in [4.78, 5) is 16.6. The molecule has 0 amide bonds. The number of hydrogen-bond donors (Lipinski definition) is 1. The Morgan fingerprint density at radius 3 is 2.50 bits per heavy atom. The van der Waals surface area contributed by atoms with Gasteiger partial charge >= 0.3 is 0 Å². The summed E-state index contributed by atoms with van der Waals surface area (Å²) in [5, 5.41) is 0.515. The van der Waals surface area contributed by atoms with E-state index >= 15 is 0 Å². The summed E-state index contributed by atoms with van der Waals surface area (Å²) < 4.78 is 1.02. The lowest BCUT2D eigenvalue weighted by Crippen LogP contribution is -2.00. The molecular formula is C14H10N2OS. The maximum atomic E-state index is 12.2. The van der Waals surface area contributed by atoms with Crippen LogP contribution < -0.4 is 5.73 Å². The van der Waals surface area contributed by atoms with Crippen LogP contribution in [0.2, 0.25) is 0 Å². The number of thiazole rings is 1. The van der Waals surface area contributed by atoms with Gasteiger partial charge in [-0.3, -0.25) is 4.79 Å². The number of para-hydroxylation sites is 1. The fourth-order valence-electron chi connectivity index (χ4n) is 1.73. The SMILES string of the molecule is Nc1ccc(C(=O)c2nc3ccccc3s2)cc1. The molecule has 0 aliphatic carbocycles. The summed E-state index contributed by atoms with van der Waals surface area (Å²) in [5.74, 6) is -0.0591. The van der Waals surface area contributed by atoms with Crippen LogP contribution in [0, 0.1) is 0 Å². The Kier molecular flexibility index (Phi) is 2.57. The highest BCUT2D eigenvalue weighted by molar-refractivity contribution is 7.20. The van der Waals surface area contributed by atoms with Gasteiger partial charge in [0.2, 0.25) is 5.78 Å². The Labute approximate surface area is 108 Å². The van der Waals surface area contributed by atoms with E-state index in [4.69, 9.17) is 5.73 Å². The highest BCUT2D eigenvalue weighted by Gasteiger charge is 2.13. The Bertz CT molecular complexity index is 683. The van der Waals surface area contributed by atoms with E-state index in [9.17, 15) is 4.79 Å². The zero-order valence-electron chi connectivity index (χ0n) is 9.46. The van der Waals surface area contributed by atoms with Crippen LogP contribution in [0.25, 0.3) is 10.2 Å². The fraction of sp³-hybridized carbons (Fsp3) is 0. The van der Waals surface area contributed by atoms with Crippen molar-refractivity contribution in [3.8, 4) is 0 Å². The van der Waals surface area contributed by atoms with Crippen LogP contribution in [0.3, 0.4) is 0 Å². The number of benzene rings is 2. The van der Waals surface area contributed by atoms with Crippen LogP contribution >= 0.6 is 11.3 Å². The average Bonchev–Trinajstić information content (AvgIpc) is 2.82. The molecule has 0 unspecified atom stereocenters. The number of rotatable bonds is 2. The molecule has 0 saturated heterocycles. The van der Waals surface area contributed by atoms with Gasteiger partial charge in [0, 0.05) is 11.3 Å². The second kappa shape index (κ2) is 4.23. The second-order valence-electron chi connectivity index (χ2n) is 3.94. The molecule has 0 aliphatic rings. The predicted molar refractivity (Wildman–Crippen MR) is 73.9 cm³/mol. The number of carbonyl (C=O) groups excluding carboxylic acids is 1. The quantitative estimate of drug-likeness (QED) is 0.564. The van der Waals surface area contributed by atoms with Crippen molar-refractivity contribution in [2.75, 3.05) is 5.73 Å². The van der Waals surface area contributed by atoms with Gasteiger partial charge in [0.05, 0.1) is 10.2 Å². The van der Waals surface area contributed by atoms with Crippen LogP contribution in [-0.4, -0.2) is 10.8 Å². The maximum absolute atomic E-state index is 12.2. The van der Waals surface area contributed by atoms with E-state index in [-0.39, 0.29) is 5.78 Å². The lowest BCUT2D eigenvalue weighted by molar-refractivity contribution is 0.103. The lowest BCUT2D eigenvalue weighted by atomic mass is 10.1. The third-order valence-electron chi connectivity index (χ3n) is 2.66. The molecule has 2 aromatic carbocycles. The predicted octanol–water partition coefficient (Wildman–Crippen LogP) is 3.11. The number of aromatic nitrogens is 1. The van der Waals surface area contributed by atoms with Gasteiger partial charge in [-0.05, 0) is 36.4 Å². The van der Waals surface area contributed by atoms with Crippen molar-refractivity contribution in [2.24, 2.45) is 0 Å². The minimum absolute atomic E-state index is 0.0591. The van der Waals surface area contributed by atoms with Crippen LogP contribution in [0.15, 0.2) is 48.5 Å². The standard InChI is InChI=1S/C14H10N2OS/c15-10-7-5-9(6-8-10)13(17)14-16-11-3-1-2-4-12(11)18-14/h1-8H,15H2. The van der Waals surface area contributed by atoms with Gasteiger partial charge in [0.15, 0.2) is 5.01 Å². The molecule has 88 valence electrons. The molecule has 3 aromatic rings. The zero-order valence-corrected chi connectivity index (χ0v) is 10.3. The summed E-state index contributed by atoms with van der Waals surface area (Å²) >= 11 is 1.41. The molecule has 3 nitrogen and oxygen atoms in total. The molecule has 1 aromatic heterocycles. The van der Waals surface area contributed by atoms with E-state index in [0.717, 1.165) is 10.2 Å². The smallest absolute Gasteiger partial charge is 0.221 e. The third-order valence-corrected chi connectivity index (χ3v) is 3.70. The molecule has 18 heavy (non-hydrogen) atoms. The van der Waals surface area contributed by atoms with Crippen molar-refractivity contribution >= 4 is 33.0 Å². The number of nitrogens with zero attached hydrogens (tertiary/aromatic N) is 1. The number of nitrogens with two attached hydrogens (primary N) is 1. The molecule has 2 N–H and O–H groups in total. The second-order valence-corrected chi connectivity index (χ2v) is 4.97. The molecule has 0 saturated carbocycles. The number of carbonyl (C=O) groups is 1. The molecule has 0 atom stereocenters. The molecule has 3 rings (SSSR count). The molecule has 0 spiro atoms. The number of hydrogen-bond acceptors (Lipinski definition) is 4. The van der Waals surface area contributed by atoms with Crippen molar-refractivity contribution in [2.45, 2.75) is 0 Å². The van der Waals surface area contributed by atoms with Crippen LogP contribution in [0.4, 0.5) is 5.69 Å². The van der Waals surface area contributed by atoms with Gasteiger partial charge in [0.25, 0.3) is 0 Å². The Hall–Kier alpha value is -2.20. The number of ketones is 1. The molecule has 0 aliphatic heterocycles. The van der Waals surface area contributed by atoms with Gasteiger partial charge in [-0.1, -0.05) is 12.1 Å². The molecule has 0 fully saturated rings. The highest BCUT2D eigenvalue weighted by Crippen LogP contribution is 2.23. The van der Waals surface area contributed by atoms with Crippen molar-refractivity contribution in [3.05, 3.63) is 59.1 Å². The topological polar surface area (TPSA) is 56.0 Å². The van der Waals surface area contributed by atoms with Crippen molar-refractivity contribution in [1.29, 1.82) is 0 Å². The minimum Gasteiger partial charge on any atom is -0.399 e. The summed E-state index contributed by atoms with van der Waals surface area (Å²) in [6.07, 6.45) is 0. The molecule has 1 heterocycles. The van der Waals surface area contributed by atoms with Crippen molar-refractivity contribution in [1.82, 2.24) is 4.98 Å².